The van der Waals surface area contributed by atoms with Gasteiger partial charge in [0.25, 0.3) is 5.91 Å². The van der Waals surface area contributed by atoms with Crippen LogP contribution in [-0.4, -0.2) is 49.4 Å². The van der Waals surface area contributed by atoms with E-state index in [0.717, 1.165) is 18.7 Å². The molecule has 1 fully saturated rings. The first-order valence-electron chi connectivity index (χ1n) is 10.9. The summed E-state index contributed by atoms with van der Waals surface area (Å²) < 4.78 is 5.69. The second-order valence-electron chi connectivity index (χ2n) is 7.77. The van der Waals surface area contributed by atoms with Crippen LogP contribution in [0.25, 0.3) is 6.08 Å². The van der Waals surface area contributed by atoms with Crippen LogP contribution in [0.2, 0.25) is 5.02 Å². The number of allylic oxidation sites excluding steroid dienone is 1. The Bertz CT molecular complexity index is 1100. The summed E-state index contributed by atoms with van der Waals surface area (Å²) in [5.74, 6) is 0.512. The molecule has 0 unspecified atom stereocenters. The second kappa shape index (κ2) is 10.8. The van der Waals surface area contributed by atoms with Crippen molar-refractivity contribution in [2.24, 2.45) is 0 Å². The van der Waals surface area contributed by atoms with Gasteiger partial charge in [-0.3, -0.25) is 9.59 Å². The molecule has 0 atom stereocenters. The first-order valence-corrected chi connectivity index (χ1v) is 11.2. The van der Waals surface area contributed by atoms with Gasteiger partial charge in [0, 0.05) is 42.5 Å². The van der Waals surface area contributed by atoms with E-state index in [1.807, 2.05) is 35.2 Å². The lowest BCUT2D eigenvalue weighted by molar-refractivity contribution is -0.133. The summed E-state index contributed by atoms with van der Waals surface area (Å²) in [6.07, 6.45) is 3.27. The lowest BCUT2D eigenvalue weighted by Crippen LogP contribution is -2.50. The number of amides is 1. The zero-order chi connectivity index (χ0) is 23.0. The van der Waals surface area contributed by atoms with Crippen molar-refractivity contribution in [2.45, 2.75) is 0 Å². The molecule has 3 aromatic carbocycles. The molecule has 3 aromatic rings. The Balaban J connectivity index is 1.23. The SMILES string of the molecule is O=C(/C=C/c1ccc(OCC(=O)N2CCN(c3ccccc3)CC2)cc1)c1ccc(Cl)cc1. The summed E-state index contributed by atoms with van der Waals surface area (Å²) in [5.41, 5.74) is 2.64. The van der Waals surface area contributed by atoms with Gasteiger partial charge < -0.3 is 14.5 Å². The van der Waals surface area contributed by atoms with Crippen LogP contribution in [0.4, 0.5) is 5.69 Å². The summed E-state index contributed by atoms with van der Waals surface area (Å²) in [6, 6.07) is 24.3. The Labute approximate surface area is 198 Å². The third-order valence-corrected chi connectivity index (χ3v) is 5.80. The standard InChI is InChI=1S/C27H25ClN2O3/c28-23-11-9-22(10-12-23)26(31)15-8-21-6-13-25(14-7-21)33-20-27(32)30-18-16-29(17-19-30)24-4-2-1-3-5-24/h1-15H,16-20H2/b15-8+. The first-order chi connectivity index (χ1) is 16.1. The fraction of sp³-hybridized carbons (Fsp3) is 0.185. The fourth-order valence-corrected chi connectivity index (χ4v) is 3.77. The van der Waals surface area contributed by atoms with Crippen molar-refractivity contribution in [3.05, 3.63) is 101 Å². The zero-order valence-electron chi connectivity index (χ0n) is 18.2. The van der Waals surface area contributed by atoms with Crippen molar-refractivity contribution in [1.82, 2.24) is 4.90 Å². The number of ether oxygens (including phenoxy) is 1. The Hall–Kier alpha value is -3.57. The van der Waals surface area contributed by atoms with Gasteiger partial charge in [-0.2, -0.15) is 0 Å². The van der Waals surface area contributed by atoms with Crippen LogP contribution in [0.5, 0.6) is 5.75 Å². The third kappa shape index (κ3) is 6.24. The highest BCUT2D eigenvalue weighted by Gasteiger charge is 2.21. The van der Waals surface area contributed by atoms with E-state index in [9.17, 15) is 9.59 Å². The fourth-order valence-electron chi connectivity index (χ4n) is 3.65. The number of halogens is 1. The van der Waals surface area contributed by atoms with Crippen LogP contribution in [0.3, 0.4) is 0 Å². The van der Waals surface area contributed by atoms with E-state index in [1.165, 1.54) is 11.8 Å². The first kappa shape index (κ1) is 22.6. The maximum atomic E-state index is 12.5. The minimum atomic E-state index is -0.0926. The highest BCUT2D eigenvalue weighted by molar-refractivity contribution is 6.30. The number of anilines is 1. The highest BCUT2D eigenvalue weighted by atomic mass is 35.5. The predicted molar refractivity (Wildman–Crippen MR) is 132 cm³/mol. The number of piperazine rings is 1. The Morgan fingerprint density at radius 2 is 1.52 bits per heavy atom. The summed E-state index contributed by atoms with van der Waals surface area (Å²) >= 11 is 5.86. The van der Waals surface area contributed by atoms with Crippen LogP contribution >= 0.6 is 11.6 Å². The minimum Gasteiger partial charge on any atom is -0.484 e. The van der Waals surface area contributed by atoms with E-state index < -0.39 is 0 Å². The molecule has 1 aliphatic heterocycles. The van der Waals surface area contributed by atoms with Crippen LogP contribution in [0.1, 0.15) is 15.9 Å². The van der Waals surface area contributed by atoms with E-state index >= 15 is 0 Å². The average molecular weight is 461 g/mol. The molecule has 0 aromatic heterocycles. The molecule has 1 aliphatic rings. The van der Waals surface area contributed by atoms with Gasteiger partial charge in [-0.1, -0.05) is 48.0 Å². The van der Waals surface area contributed by atoms with Crippen molar-refractivity contribution in [3.63, 3.8) is 0 Å². The monoisotopic (exact) mass is 460 g/mol. The van der Waals surface area contributed by atoms with Gasteiger partial charge in [-0.05, 0) is 60.2 Å². The third-order valence-electron chi connectivity index (χ3n) is 5.55. The van der Waals surface area contributed by atoms with Gasteiger partial charge in [0.2, 0.25) is 0 Å². The number of hydrogen-bond acceptors (Lipinski definition) is 4. The molecular weight excluding hydrogens is 436 g/mol. The molecule has 0 N–H and O–H groups in total. The molecule has 1 amide bonds. The maximum Gasteiger partial charge on any atom is 0.260 e. The van der Waals surface area contributed by atoms with Gasteiger partial charge in [0.05, 0.1) is 0 Å². The molecule has 33 heavy (non-hydrogen) atoms. The Morgan fingerprint density at radius 1 is 0.848 bits per heavy atom. The van der Waals surface area contributed by atoms with Crippen molar-refractivity contribution in [2.75, 3.05) is 37.7 Å². The molecule has 168 valence electrons. The number of carbonyl (C=O) groups excluding carboxylic acids is 2. The van der Waals surface area contributed by atoms with Gasteiger partial charge in [0.1, 0.15) is 5.75 Å². The number of hydrogen-bond donors (Lipinski definition) is 0. The van der Waals surface area contributed by atoms with E-state index in [1.54, 1.807) is 42.5 Å². The van der Waals surface area contributed by atoms with Crippen LogP contribution in [-0.2, 0) is 4.79 Å². The molecule has 5 nitrogen and oxygen atoms in total. The molecule has 4 rings (SSSR count). The molecule has 0 radical (unpaired) electrons. The number of benzene rings is 3. The van der Waals surface area contributed by atoms with Gasteiger partial charge in [-0.15, -0.1) is 0 Å². The highest BCUT2D eigenvalue weighted by Crippen LogP contribution is 2.17. The van der Waals surface area contributed by atoms with E-state index in [0.29, 0.717) is 29.4 Å². The summed E-state index contributed by atoms with van der Waals surface area (Å²) in [4.78, 5) is 28.9. The molecule has 0 saturated carbocycles. The average Bonchev–Trinajstić information content (AvgIpc) is 2.87. The van der Waals surface area contributed by atoms with E-state index in [4.69, 9.17) is 16.3 Å². The maximum absolute atomic E-state index is 12.5. The van der Waals surface area contributed by atoms with Gasteiger partial charge in [0.15, 0.2) is 12.4 Å². The lowest BCUT2D eigenvalue weighted by atomic mass is 10.1. The predicted octanol–water partition coefficient (Wildman–Crippen LogP) is 4.96. The van der Waals surface area contributed by atoms with Crippen molar-refractivity contribution >= 4 is 35.1 Å². The quantitative estimate of drug-likeness (QED) is 0.369. The Morgan fingerprint density at radius 3 is 2.18 bits per heavy atom. The summed E-state index contributed by atoms with van der Waals surface area (Å²) in [5, 5.41) is 0.596. The molecule has 1 heterocycles. The molecular formula is C27H25ClN2O3. The number of carbonyl (C=O) groups is 2. The largest absolute Gasteiger partial charge is 0.484 e. The topological polar surface area (TPSA) is 49.9 Å². The molecule has 0 aliphatic carbocycles. The van der Waals surface area contributed by atoms with E-state index in [2.05, 4.69) is 17.0 Å². The molecule has 6 heteroatoms. The van der Waals surface area contributed by atoms with Crippen LogP contribution < -0.4 is 9.64 Å². The molecule has 0 spiro atoms. The van der Waals surface area contributed by atoms with Crippen LogP contribution in [0.15, 0.2) is 84.9 Å². The zero-order valence-corrected chi connectivity index (χ0v) is 18.9. The summed E-state index contributed by atoms with van der Waals surface area (Å²) in [7, 11) is 0. The van der Waals surface area contributed by atoms with Crippen LogP contribution in [0, 0.1) is 0 Å². The Kier molecular flexibility index (Phi) is 7.43. The number of ketones is 1. The lowest BCUT2D eigenvalue weighted by Gasteiger charge is -2.36. The van der Waals surface area contributed by atoms with Crippen molar-refractivity contribution < 1.29 is 14.3 Å². The molecule has 0 bridgehead atoms. The van der Waals surface area contributed by atoms with Gasteiger partial charge in [-0.25, -0.2) is 0 Å². The summed E-state index contributed by atoms with van der Waals surface area (Å²) in [6.45, 7) is 3.00. The minimum absolute atomic E-state index is 0.00950. The van der Waals surface area contributed by atoms with Crippen molar-refractivity contribution in [1.29, 1.82) is 0 Å². The van der Waals surface area contributed by atoms with Crippen molar-refractivity contribution in [3.8, 4) is 5.75 Å². The van der Waals surface area contributed by atoms with E-state index in [-0.39, 0.29) is 18.3 Å². The molecule has 1 saturated heterocycles. The smallest absolute Gasteiger partial charge is 0.260 e. The van der Waals surface area contributed by atoms with Gasteiger partial charge >= 0.3 is 0 Å². The number of rotatable bonds is 7. The number of nitrogens with zero attached hydrogens (tertiary/aromatic N) is 2. The normalized spacial score (nSPS) is 13.8. The second-order valence-corrected chi connectivity index (χ2v) is 8.20. The number of para-hydroxylation sites is 1.